The van der Waals surface area contributed by atoms with Crippen LogP contribution in [0.2, 0.25) is 0 Å². The number of carbonyl (C=O) groups is 1. The van der Waals surface area contributed by atoms with Crippen LogP contribution in [0.15, 0.2) is 42.5 Å². The van der Waals surface area contributed by atoms with Gasteiger partial charge in [0.1, 0.15) is 12.4 Å². The number of likely N-dealkylation sites (N-methyl/N-ethyl adjacent to an activating group) is 1. The molecule has 0 atom stereocenters. The first kappa shape index (κ1) is 21.5. The van der Waals surface area contributed by atoms with E-state index in [1.807, 2.05) is 43.4 Å². The molecule has 1 saturated heterocycles. The lowest BCUT2D eigenvalue weighted by Crippen LogP contribution is -2.44. The molecule has 2 aromatic carbocycles. The zero-order valence-corrected chi connectivity index (χ0v) is 17.9. The van der Waals surface area contributed by atoms with E-state index in [1.54, 1.807) is 6.92 Å². The lowest BCUT2D eigenvalue weighted by Gasteiger charge is -2.34. The molecule has 0 bridgehead atoms. The minimum absolute atomic E-state index is 0.0129. The smallest absolute Gasteiger partial charge is 0.354 e. The summed E-state index contributed by atoms with van der Waals surface area (Å²) in [6.07, 6.45) is 0. The molecule has 32 heavy (non-hydrogen) atoms. The van der Waals surface area contributed by atoms with Crippen LogP contribution in [0, 0.1) is 17.0 Å². The number of hydrogen-bond acceptors (Lipinski definition) is 7. The van der Waals surface area contributed by atoms with Crippen LogP contribution in [-0.4, -0.2) is 59.1 Å². The number of carboxylic acid groups (broad SMARTS) is 1. The van der Waals surface area contributed by atoms with Crippen molar-refractivity contribution in [1.82, 2.24) is 9.88 Å². The number of nitro groups is 1. The predicted octanol–water partition coefficient (Wildman–Crippen LogP) is 3.48. The summed E-state index contributed by atoms with van der Waals surface area (Å²) in [6, 6.07) is 12.8. The number of carboxylic acids is 1. The molecule has 0 spiro atoms. The van der Waals surface area contributed by atoms with Crippen LogP contribution in [0.25, 0.3) is 10.9 Å². The first-order chi connectivity index (χ1) is 15.3. The van der Waals surface area contributed by atoms with Crippen LogP contribution in [0.5, 0.6) is 5.75 Å². The third-order valence-corrected chi connectivity index (χ3v) is 5.73. The molecule has 0 saturated carbocycles. The Morgan fingerprint density at radius 2 is 1.88 bits per heavy atom. The fourth-order valence-electron chi connectivity index (χ4n) is 3.91. The van der Waals surface area contributed by atoms with E-state index in [-0.39, 0.29) is 23.5 Å². The summed E-state index contributed by atoms with van der Waals surface area (Å²) >= 11 is 0. The van der Waals surface area contributed by atoms with Crippen molar-refractivity contribution < 1.29 is 19.6 Å². The van der Waals surface area contributed by atoms with Crippen LogP contribution in [-0.2, 0) is 6.61 Å². The van der Waals surface area contributed by atoms with Crippen LogP contribution < -0.4 is 9.64 Å². The molecule has 1 N–H and O–H groups in total. The molecule has 1 aromatic heterocycles. The third kappa shape index (κ3) is 4.19. The second kappa shape index (κ2) is 8.80. The number of anilines is 1. The van der Waals surface area contributed by atoms with Crippen molar-refractivity contribution in [2.75, 3.05) is 38.1 Å². The standard InChI is InChI=1S/C23H24N4O5/c1-15-20(23(28)29)24-21-18(22(15)32-14-16-6-4-3-5-7-16)12-17(13-19(21)27(30)31)26-10-8-25(2)9-11-26/h3-7,12-13H,8-11,14H2,1-2H3,(H,28,29). The fraction of sp³-hybridized carbons (Fsp3) is 0.304. The average molecular weight is 436 g/mol. The maximum absolute atomic E-state index is 11.9. The van der Waals surface area contributed by atoms with Gasteiger partial charge in [-0.2, -0.15) is 0 Å². The summed E-state index contributed by atoms with van der Waals surface area (Å²) in [5.74, 6) is -0.957. The van der Waals surface area contributed by atoms with E-state index < -0.39 is 10.9 Å². The number of pyridine rings is 1. The van der Waals surface area contributed by atoms with Crippen molar-refractivity contribution in [2.24, 2.45) is 0 Å². The topological polar surface area (TPSA) is 109 Å². The molecule has 0 amide bonds. The molecular formula is C23H24N4O5. The molecule has 0 radical (unpaired) electrons. The molecule has 2 heterocycles. The van der Waals surface area contributed by atoms with Crippen LogP contribution in [0.3, 0.4) is 0 Å². The number of ether oxygens (including phenoxy) is 1. The maximum atomic E-state index is 11.9. The number of rotatable bonds is 6. The van der Waals surface area contributed by atoms with Gasteiger partial charge in [0.05, 0.1) is 10.3 Å². The average Bonchev–Trinajstić information content (AvgIpc) is 2.78. The second-order valence-electron chi connectivity index (χ2n) is 7.90. The van der Waals surface area contributed by atoms with Crippen molar-refractivity contribution in [3.05, 3.63) is 69.4 Å². The molecular weight excluding hydrogens is 412 g/mol. The Hall–Kier alpha value is -3.72. The second-order valence-corrected chi connectivity index (χ2v) is 7.90. The summed E-state index contributed by atoms with van der Waals surface area (Å²) in [4.78, 5) is 31.7. The van der Waals surface area contributed by atoms with Gasteiger partial charge in [-0.3, -0.25) is 10.1 Å². The number of nitro benzene ring substituents is 1. The SMILES string of the molecule is Cc1c(C(=O)O)nc2c([N+](=O)[O-])cc(N3CCN(C)CC3)cc2c1OCc1ccccc1. The third-order valence-electron chi connectivity index (χ3n) is 5.73. The number of nitrogens with zero attached hydrogens (tertiary/aromatic N) is 4. The number of piperazine rings is 1. The summed E-state index contributed by atoms with van der Waals surface area (Å²) < 4.78 is 6.07. The number of fused-ring (bicyclic) bond motifs is 1. The highest BCUT2D eigenvalue weighted by molar-refractivity contribution is 6.00. The number of hydrogen-bond donors (Lipinski definition) is 1. The van der Waals surface area contributed by atoms with Crippen molar-refractivity contribution in [1.29, 1.82) is 0 Å². The van der Waals surface area contributed by atoms with E-state index in [0.29, 0.717) is 22.4 Å². The van der Waals surface area contributed by atoms with Gasteiger partial charge in [-0.05, 0) is 25.6 Å². The summed E-state index contributed by atoms with van der Waals surface area (Å²) in [5.41, 5.74) is 1.47. The van der Waals surface area contributed by atoms with E-state index in [1.165, 1.54) is 6.07 Å². The highest BCUT2D eigenvalue weighted by Crippen LogP contribution is 2.39. The molecule has 3 aromatic rings. The number of aromatic carboxylic acids is 1. The Morgan fingerprint density at radius 1 is 1.19 bits per heavy atom. The first-order valence-corrected chi connectivity index (χ1v) is 10.3. The lowest BCUT2D eigenvalue weighted by molar-refractivity contribution is -0.383. The van der Waals surface area contributed by atoms with Gasteiger partial charge in [-0.1, -0.05) is 30.3 Å². The number of aromatic nitrogens is 1. The highest BCUT2D eigenvalue weighted by atomic mass is 16.6. The van der Waals surface area contributed by atoms with E-state index in [9.17, 15) is 20.0 Å². The van der Waals surface area contributed by atoms with Crippen molar-refractivity contribution in [3.8, 4) is 5.75 Å². The lowest BCUT2D eigenvalue weighted by atomic mass is 10.1. The Kier molecular flexibility index (Phi) is 5.91. The van der Waals surface area contributed by atoms with E-state index in [2.05, 4.69) is 14.8 Å². The molecule has 1 aliphatic rings. The molecule has 1 aliphatic heterocycles. The highest BCUT2D eigenvalue weighted by Gasteiger charge is 2.26. The quantitative estimate of drug-likeness (QED) is 0.462. The molecule has 1 fully saturated rings. The summed E-state index contributed by atoms with van der Waals surface area (Å²) in [5, 5.41) is 22.0. The van der Waals surface area contributed by atoms with Gasteiger partial charge in [0.2, 0.25) is 0 Å². The van der Waals surface area contributed by atoms with Crippen LogP contribution >= 0.6 is 0 Å². The maximum Gasteiger partial charge on any atom is 0.354 e. The normalized spacial score (nSPS) is 14.5. The number of benzene rings is 2. The molecule has 0 unspecified atom stereocenters. The Labute approximate surface area is 185 Å². The van der Waals surface area contributed by atoms with Crippen LogP contribution in [0.4, 0.5) is 11.4 Å². The predicted molar refractivity (Wildman–Crippen MR) is 121 cm³/mol. The van der Waals surface area contributed by atoms with Crippen LogP contribution in [0.1, 0.15) is 21.6 Å². The van der Waals surface area contributed by atoms with Gasteiger partial charge in [0.15, 0.2) is 11.2 Å². The van der Waals surface area contributed by atoms with Gasteiger partial charge in [-0.25, -0.2) is 9.78 Å². The first-order valence-electron chi connectivity index (χ1n) is 10.3. The fourth-order valence-corrected chi connectivity index (χ4v) is 3.91. The number of non-ortho nitro benzene ring substituents is 1. The van der Waals surface area contributed by atoms with Gasteiger partial charge < -0.3 is 19.6 Å². The molecule has 9 heteroatoms. The van der Waals surface area contributed by atoms with E-state index in [4.69, 9.17) is 4.74 Å². The zero-order valence-electron chi connectivity index (χ0n) is 17.9. The minimum atomic E-state index is -1.26. The van der Waals surface area contributed by atoms with E-state index in [0.717, 1.165) is 31.7 Å². The zero-order chi connectivity index (χ0) is 22.8. The molecule has 4 rings (SSSR count). The summed E-state index contributed by atoms with van der Waals surface area (Å²) in [6.45, 7) is 4.98. The Morgan fingerprint density at radius 3 is 2.50 bits per heavy atom. The Balaban J connectivity index is 1.88. The molecule has 9 nitrogen and oxygen atoms in total. The van der Waals surface area contributed by atoms with Gasteiger partial charge in [0.25, 0.3) is 5.69 Å². The van der Waals surface area contributed by atoms with Gasteiger partial charge in [-0.15, -0.1) is 0 Å². The largest absolute Gasteiger partial charge is 0.488 e. The summed E-state index contributed by atoms with van der Waals surface area (Å²) in [7, 11) is 2.04. The molecule has 0 aliphatic carbocycles. The molecule has 166 valence electrons. The Bertz CT molecular complexity index is 1170. The van der Waals surface area contributed by atoms with Crippen molar-refractivity contribution >= 4 is 28.2 Å². The van der Waals surface area contributed by atoms with Crippen molar-refractivity contribution in [2.45, 2.75) is 13.5 Å². The monoisotopic (exact) mass is 436 g/mol. The minimum Gasteiger partial charge on any atom is -0.488 e. The van der Waals surface area contributed by atoms with Gasteiger partial charge >= 0.3 is 5.97 Å². The van der Waals surface area contributed by atoms with Crippen molar-refractivity contribution in [3.63, 3.8) is 0 Å². The van der Waals surface area contributed by atoms with E-state index >= 15 is 0 Å². The van der Waals surface area contributed by atoms with Gasteiger partial charge in [0, 0.05) is 43.5 Å².